The molecule has 3 aliphatic carbocycles. The molecule has 1 fully saturated rings. The van der Waals surface area contributed by atoms with Gasteiger partial charge in [-0.25, -0.2) is 0 Å². The van der Waals surface area contributed by atoms with Crippen LogP contribution in [-0.4, -0.2) is 73.6 Å². The number of primary amides is 1. The van der Waals surface area contributed by atoms with Gasteiger partial charge in [0, 0.05) is 28.0 Å². The number of likely N-dealkylation sites (N-methyl/N-ethyl adjacent to an activating group) is 1. The van der Waals surface area contributed by atoms with Gasteiger partial charge >= 0.3 is 0 Å². The van der Waals surface area contributed by atoms with Crippen molar-refractivity contribution in [1.29, 1.82) is 0 Å². The predicted molar refractivity (Wildman–Crippen MR) is 122 cm³/mol. The van der Waals surface area contributed by atoms with Gasteiger partial charge in [0.2, 0.25) is 5.78 Å². The summed E-state index contributed by atoms with van der Waals surface area (Å²) < 4.78 is 0. The number of ketones is 2. The number of hydrogen-bond acceptors (Lipinski definition) is 9. The smallest absolute Gasteiger partial charge is 0.255 e. The number of hydrogen-bond donors (Lipinski definition) is 6. The van der Waals surface area contributed by atoms with Crippen molar-refractivity contribution in [2.45, 2.75) is 30.6 Å². The molecule has 184 valence electrons. The molecule has 0 radical (unpaired) electrons. The van der Waals surface area contributed by atoms with Crippen LogP contribution < -0.4 is 5.73 Å². The van der Waals surface area contributed by atoms with Crippen LogP contribution in [0.2, 0.25) is 5.02 Å². The fourth-order valence-corrected chi connectivity index (χ4v) is 5.93. The average Bonchev–Trinajstić information content (AvgIpc) is 2.69. The highest BCUT2D eigenvalue weighted by molar-refractivity contribution is 6.32. The van der Waals surface area contributed by atoms with Gasteiger partial charge in [0.1, 0.15) is 22.8 Å². The van der Waals surface area contributed by atoms with Gasteiger partial charge in [0.05, 0.1) is 17.2 Å². The van der Waals surface area contributed by atoms with Gasteiger partial charge in [-0.15, -0.1) is 12.4 Å². The fourth-order valence-electron chi connectivity index (χ4n) is 5.58. The molecule has 0 unspecified atom stereocenters. The predicted octanol–water partition coefficient (Wildman–Crippen LogP) is 0.704. The number of carbonyl (C=O) groups is 3. The Hall–Kier alpha value is -2.63. The summed E-state index contributed by atoms with van der Waals surface area (Å²) in [5.41, 5.74) is -1.10. The summed E-state index contributed by atoms with van der Waals surface area (Å²) in [6, 6.07) is 1.24. The number of rotatable bonds is 2. The minimum Gasteiger partial charge on any atom is -0.508 e. The lowest BCUT2D eigenvalue weighted by atomic mass is 9.54. The molecule has 4 rings (SSSR count). The quantitative estimate of drug-likeness (QED) is 0.309. The second kappa shape index (κ2) is 7.96. The molecule has 10 nitrogen and oxygen atoms in total. The van der Waals surface area contributed by atoms with E-state index in [2.05, 4.69) is 0 Å². The highest BCUT2D eigenvalue weighted by atomic mass is 35.5. The molecule has 5 atom stereocenters. The Kier molecular flexibility index (Phi) is 6.08. The van der Waals surface area contributed by atoms with Crippen LogP contribution in [0.15, 0.2) is 29.0 Å². The summed E-state index contributed by atoms with van der Waals surface area (Å²) in [5, 5.41) is 55.2. The molecule has 0 heterocycles. The molecule has 1 amide bonds. The summed E-state index contributed by atoms with van der Waals surface area (Å²) >= 11 is 6.28. The van der Waals surface area contributed by atoms with Crippen molar-refractivity contribution >= 4 is 47.2 Å². The normalized spacial score (nSPS) is 32.7. The second-order valence-electron chi connectivity index (χ2n) is 9.08. The Bertz CT molecular complexity index is 1210. The number of nitrogens with zero attached hydrogens (tertiary/aromatic N) is 1. The number of nitrogens with two attached hydrogens (primary N) is 1. The number of fused-ring (bicyclic) bond motifs is 3. The number of aliphatic hydroxyl groups excluding tert-OH is 2. The number of halogens is 2. The van der Waals surface area contributed by atoms with E-state index in [-0.39, 0.29) is 35.0 Å². The van der Waals surface area contributed by atoms with Crippen molar-refractivity contribution < 1.29 is 39.9 Å². The molecule has 0 spiro atoms. The van der Waals surface area contributed by atoms with Gasteiger partial charge < -0.3 is 31.3 Å². The number of benzene rings is 1. The van der Waals surface area contributed by atoms with Gasteiger partial charge in [-0.2, -0.15) is 0 Å². The van der Waals surface area contributed by atoms with E-state index in [0.29, 0.717) is 0 Å². The highest BCUT2D eigenvalue weighted by Gasteiger charge is 2.66. The van der Waals surface area contributed by atoms with Crippen LogP contribution in [0.4, 0.5) is 0 Å². The number of phenolic OH excluding ortho intramolecular Hbond substituents is 1. The molecular weight excluding hydrogens is 491 g/mol. The maximum Gasteiger partial charge on any atom is 0.255 e. The lowest BCUT2D eigenvalue weighted by molar-refractivity contribution is -0.159. The zero-order chi connectivity index (χ0) is 24.8. The standard InChI is InChI=1S/C22H23ClN2O8.ClH/c1-21(32)7-6-8-15(25(2)3)17(28)13(20(24)31)19(30)22(8,33)18(29)11(7)16(27)12-10(26)5-4-9(23)14(12)21;/h4-5,7-8,15,26-27,30,32-33H,6H2,1-3H3,(H2,24,31);1H/t7-,8-,15-,21+,22-;/m0./s1. The molecule has 7 N–H and O–H groups in total. The van der Waals surface area contributed by atoms with Gasteiger partial charge in [0.25, 0.3) is 5.91 Å². The van der Waals surface area contributed by atoms with Crippen molar-refractivity contribution in [2.75, 3.05) is 14.1 Å². The van der Waals surface area contributed by atoms with E-state index in [1.54, 1.807) is 0 Å². The topological polar surface area (TPSA) is 182 Å². The Morgan fingerprint density at radius 2 is 1.76 bits per heavy atom. The molecule has 12 heteroatoms. The molecule has 0 aliphatic heterocycles. The van der Waals surface area contributed by atoms with Crippen molar-refractivity contribution in [2.24, 2.45) is 17.6 Å². The molecule has 1 aromatic carbocycles. The van der Waals surface area contributed by atoms with Crippen molar-refractivity contribution in [3.8, 4) is 5.75 Å². The third-order valence-corrected chi connectivity index (χ3v) is 7.39. The summed E-state index contributed by atoms with van der Waals surface area (Å²) in [6.07, 6.45) is -0.259. The number of aliphatic hydroxyl groups is 4. The van der Waals surface area contributed by atoms with Crippen LogP contribution in [0, 0.1) is 11.8 Å². The first-order valence-electron chi connectivity index (χ1n) is 10.1. The van der Waals surface area contributed by atoms with E-state index >= 15 is 0 Å². The Labute approximate surface area is 205 Å². The van der Waals surface area contributed by atoms with Gasteiger partial charge in [0.15, 0.2) is 11.4 Å². The highest BCUT2D eigenvalue weighted by Crippen LogP contribution is 2.58. The van der Waals surface area contributed by atoms with E-state index in [9.17, 15) is 39.9 Å². The zero-order valence-corrected chi connectivity index (χ0v) is 19.9. The van der Waals surface area contributed by atoms with E-state index in [4.69, 9.17) is 17.3 Å². The Balaban J connectivity index is 0.00000324. The molecule has 3 aliphatic rings. The van der Waals surface area contributed by atoms with Crippen molar-refractivity contribution in [3.63, 3.8) is 0 Å². The molecular formula is C22H24Cl2N2O8. The van der Waals surface area contributed by atoms with E-state index in [0.717, 1.165) is 0 Å². The van der Waals surface area contributed by atoms with Gasteiger partial charge in [-0.3, -0.25) is 19.3 Å². The molecule has 34 heavy (non-hydrogen) atoms. The van der Waals surface area contributed by atoms with E-state index < -0.39 is 75.0 Å². The second-order valence-corrected chi connectivity index (χ2v) is 9.48. The van der Waals surface area contributed by atoms with Crippen LogP contribution >= 0.6 is 24.0 Å². The number of amides is 1. The molecule has 0 saturated heterocycles. The molecule has 0 aromatic heterocycles. The number of carbonyl (C=O) groups excluding carboxylic acids is 3. The van der Waals surface area contributed by atoms with Crippen LogP contribution in [0.25, 0.3) is 5.76 Å². The average molecular weight is 515 g/mol. The van der Waals surface area contributed by atoms with E-state index in [1.807, 2.05) is 0 Å². The summed E-state index contributed by atoms with van der Waals surface area (Å²) in [6.45, 7) is 1.34. The van der Waals surface area contributed by atoms with Crippen LogP contribution in [0.3, 0.4) is 0 Å². The monoisotopic (exact) mass is 514 g/mol. The van der Waals surface area contributed by atoms with Crippen LogP contribution in [0.1, 0.15) is 24.5 Å². The maximum atomic E-state index is 13.7. The third kappa shape index (κ3) is 3.03. The first-order valence-corrected chi connectivity index (χ1v) is 10.5. The Morgan fingerprint density at radius 1 is 1.18 bits per heavy atom. The van der Waals surface area contributed by atoms with Crippen molar-refractivity contribution in [1.82, 2.24) is 4.90 Å². The summed E-state index contributed by atoms with van der Waals surface area (Å²) in [5.74, 6) is -8.30. The summed E-state index contributed by atoms with van der Waals surface area (Å²) in [4.78, 5) is 40.1. The largest absolute Gasteiger partial charge is 0.508 e. The van der Waals surface area contributed by atoms with E-state index in [1.165, 1.54) is 38.1 Å². The first-order chi connectivity index (χ1) is 15.2. The lowest BCUT2D eigenvalue weighted by Crippen LogP contribution is -2.67. The number of phenols is 1. The fraction of sp³-hybridized carbons (Fsp3) is 0.409. The van der Waals surface area contributed by atoms with Crippen LogP contribution in [-0.2, 0) is 20.0 Å². The van der Waals surface area contributed by atoms with Crippen LogP contribution in [0.5, 0.6) is 5.75 Å². The van der Waals surface area contributed by atoms with Crippen molar-refractivity contribution in [3.05, 3.63) is 45.2 Å². The molecule has 1 aromatic rings. The lowest BCUT2D eigenvalue weighted by Gasteiger charge is -2.53. The first kappa shape index (κ1) is 26.0. The zero-order valence-electron chi connectivity index (χ0n) is 18.4. The minimum absolute atomic E-state index is 0. The number of Topliss-reactive ketones (excluding diaryl/α,β-unsaturated/α-hetero) is 2. The number of aromatic hydroxyl groups is 1. The third-order valence-electron chi connectivity index (χ3n) is 7.07. The maximum absolute atomic E-state index is 13.7. The van der Waals surface area contributed by atoms with Gasteiger partial charge in [-0.05, 0) is 39.6 Å². The Morgan fingerprint density at radius 3 is 2.29 bits per heavy atom. The molecule has 0 bridgehead atoms. The minimum atomic E-state index is -2.78. The molecule has 1 saturated carbocycles. The van der Waals surface area contributed by atoms with Gasteiger partial charge in [-0.1, -0.05) is 11.6 Å². The summed E-state index contributed by atoms with van der Waals surface area (Å²) in [7, 11) is 2.97. The SMILES string of the molecule is CN(C)[C@@H]1C(=O)C(C(N)=O)=C(O)[C@@]2(O)C(=O)C3=C(O)c4c(O)ccc(Cl)c4[C@](C)(O)[C@H]3C[C@@H]12.Cl.